The highest BCUT2D eigenvalue weighted by atomic mass is 32.2. The fourth-order valence-corrected chi connectivity index (χ4v) is 3.58. The number of hydrogen-bond donors (Lipinski definition) is 1. The van der Waals surface area contributed by atoms with Crippen LogP contribution in [0.15, 0.2) is 29.2 Å². The molecule has 0 radical (unpaired) electrons. The second-order valence-corrected chi connectivity index (χ2v) is 6.12. The van der Waals surface area contributed by atoms with Crippen LogP contribution in [-0.4, -0.2) is 31.8 Å². The van der Waals surface area contributed by atoms with Crippen LogP contribution in [0.25, 0.3) is 0 Å². The van der Waals surface area contributed by atoms with E-state index in [1.807, 2.05) is 18.7 Å². The van der Waals surface area contributed by atoms with Gasteiger partial charge >= 0.3 is 0 Å². The number of nitrogens with zero attached hydrogens (tertiary/aromatic N) is 1. The Morgan fingerprint density at radius 2 is 1.76 bits per heavy atom. The molecular weight excluding hydrogens is 236 g/mol. The van der Waals surface area contributed by atoms with Gasteiger partial charge in [-0.25, -0.2) is 8.42 Å². The highest BCUT2D eigenvalue weighted by Crippen LogP contribution is 2.23. The van der Waals surface area contributed by atoms with Gasteiger partial charge in [0, 0.05) is 0 Å². The van der Waals surface area contributed by atoms with Gasteiger partial charge in [-0.2, -0.15) is 0 Å². The van der Waals surface area contributed by atoms with Crippen molar-refractivity contribution in [3.05, 3.63) is 24.3 Å². The Labute approximate surface area is 103 Å². The van der Waals surface area contributed by atoms with E-state index in [0.29, 0.717) is 18.8 Å². The van der Waals surface area contributed by atoms with E-state index in [2.05, 4.69) is 0 Å². The topological polar surface area (TPSA) is 63.4 Å². The molecule has 5 heteroatoms. The van der Waals surface area contributed by atoms with Crippen molar-refractivity contribution in [2.45, 2.75) is 31.0 Å². The summed E-state index contributed by atoms with van der Waals surface area (Å²) < 4.78 is 24.8. The van der Waals surface area contributed by atoms with E-state index < -0.39 is 15.2 Å². The molecule has 0 spiro atoms. The van der Waals surface area contributed by atoms with E-state index in [4.69, 9.17) is 5.73 Å². The Hall–Kier alpha value is -1.07. The predicted molar refractivity (Wildman–Crippen MR) is 70.4 cm³/mol. The number of hydrogen-bond acceptors (Lipinski definition) is 4. The first-order chi connectivity index (χ1) is 7.95. The Morgan fingerprint density at radius 3 is 2.24 bits per heavy atom. The Bertz CT molecular complexity index is 467. The molecule has 0 bridgehead atoms. The van der Waals surface area contributed by atoms with E-state index in [9.17, 15) is 8.42 Å². The van der Waals surface area contributed by atoms with E-state index in [0.717, 1.165) is 0 Å². The molecule has 1 aromatic carbocycles. The Kier molecular flexibility index (Phi) is 4.54. The second kappa shape index (κ2) is 5.51. The molecule has 4 nitrogen and oxygen atoms in total. The van der Waals surface area contributed by atoms with Crippen LogP contribution in [-0.2, 0) is 9.84 Å². The first kappa shape index (κ1) is 14.0. The van der Waals surface area contributed by atoms with Crippen LogP contribution in [0.2, 0.25) is 0 Å². The van der Waals surface area contributed by atoms with Gasteiger partial charge in [0.05, 0.1) is 10.6 Å². The number of para-hydroxylation sites is 1. The molecule has 1 rings (SSSR count). The smallest absolute Gasteiger partial charge is 0.196 e. The summed E-state index contributed by atoms with van der Waals surface area (Å²) in [5.74, 6) is 0. The number of nitrogen functional groups attached to an aromatic ring is 1. The lowest BCUT2D eigenvalue weighted by Crippen LogP contribution is -2.38. The largest absolute Gasteiger partial charge is 0.398 e. The summed E-state index contributed by atoms with van der Waals surface area (Å²) in [5, 5.41) is -0.554. The number of nitrogens with two attached hydrogens (primary N) is 1. The normalized spacial score (nSPS) is 13.9. The molecule has 0 aliphatic carbocycles. The van der Waals surface area contributed by atoms with Gasteiger partial charge in [0.15, 0.2) is 9.84 Å². The summed E-state index contributed by atoms with van der Waals surface area (Å²) in [6, 6.07) is 6.60. The fourth-order valence-electron chi connectivity index (χ4n) is 1.86. The zero-order chi connectivity index (χ0) is 13.1. The van der Waals surface area contributed by atoms with Crippen LogP contribution in [0, 0.1) is 0 Å². The minimum Gasteiger partial charge on any atom is -0.398 e. The van der Waals surface area contributed by atoms with Crippen LogP contribution in [0.4, 0.5) is 5.69 Å². The molecule has 0 heterocycles. The quantitative estimate of drug-likeness (QED) is 0.815. The van der Waals surface area contributed by atoms with Gasteiger partial charge in [-0.1, -0.05) is 26.0 Å². The summed E-state index contributed by atoms with van der Waals surface area (Å²) in [4.78, 5) is 2.11. The van der Waals surface area contributed by atoms with Crippen molar-refractivity contribution in [2.75, 3.05) is 18.8 Å². The summed E-state index contributed by atoms with van der Waals surface area (Å²) in [7, 11) is -3.39. The highest BCUT2D eigenvalue weighted by molar-refractivity contribution is 7.92. The van der Waals surface area contributed by atoms with Crippen LogP contribution >= 0.6 is 0 Å². The molecule has 0 aliphatic rings. The molecule has 0 aliphatic heterocycles. The zero-order valence-electron chi connectivity index (χ0n) is 10.6. The van der Waals surface area contributed by atoms with Gasteiger partial charge in [-0.3, -0.25) is 4.90 Å². The predicted octanol–water partition coefficient (Wildman–Crippen LogP) is 1.73. The maximum absolute atomic E-state index is 12.4. The molecule has 0 saturated heterocycles. The van der Waals surface area contributed by atoms with Crippen molar-refractivity contribution < 1.29 is 8.42 Å². The monoisotopic (exact) mass is 256 g/mol. The van der Waals surface area contributed by atoms with Gasteiger partial charge < -0.3 is 5.73 Å². The summed E-state index contributed by atoms with van der Waals surface area (Å²) in [6.45, 7) is 7.00. The molecular formula is C12H20N2O2S. The second-order valence-electron chi connectivity index (χ2n) is 3.90. The third-order valence-corrected chi connectivity index (χ3v) is 5.18. The average molecular weight is 256 g/mol. The number of sulfone groups is 1. The lowest BCUT2D eigenvalue weighted by molar-refractivity contribution is 0.285. The number of anilines is 1. The maximum Gasteiger partial charge on any atom is 0.196 e. The van der Waals surface area contributed by atoms with Crippen molar-refractivity contribution in [1.82, 2.24) is 4.90 Å². The van der Waals surface area contributed by atoms with E-state index in [-0.39, 0.29) is 4.90 Å². The lowest BCUT2D eigenvalue weighted by Gasteiger charge is -2.26. The third-order valence-electron chi connectivity index (χ3n) is 3.00. The van der Waals surface area contributed by atoms with Crippen LogP contribution in [0.5, 0.6) is 0 Å². The summed E-state index contributed by atoms with van der Waals surface area (Å²) in [5.41, 5.74) is 6.04. The van der Waals surface area contributed by atoms with Gasteiger partial charge in [-0.05, 0) is 32.1 Å². The molecule has 0 fully saturated rings. The first-order valence-electron chi connectivity index (χ1n) is 5.77. The average Bonchev–Trinajstić information content (AvgIpc) is 2.30. The van der Waals surface area contributed by atoms with Crippen molar-refractivity contribution in [1.29, 1.82) is 0 Å². The first-order valence-corrected chi connectivity index (χ1v) is 7.32. The SMILES string of the molecule is CCN(CC)C(C)S(=O)(=O)c1ccccc1N. The van der Waals surface area contributed by atoms with Crippen molar-refractivity contribution in [2.24, 2.45) is 0 Å². The summed E-state index contributed by atoms with van der Waals surface area (Å²) >= 11 is 0. The van der Waals surface area contributed by atoms with Gasteiger partial charge in [-0.15, -0.1) is 0 Å². The molecule has 0 saturated carbocycles. The molecule has 1 atom stereocenters. The van der Waals surface area contributed by atoms with Crippen molar-refractivity contribution in [3.63, 3.8) is 0 Å². The molecule has 2 N–H and O–H groups in total. The minimum absolute atomic E-state index is 0.222. The van der Waals surface area contributed by atoms with Crippen molar-refractivity contribution >= 4 is 15.5 Å². The van der Waals surface area contributed by atoms with Crippen LogP contribution in [0.1, 0.15) is 20.8 Å². The van der Waals surface area contributed by atoms with E-state index in [1.54, 1.807) is 31.2 Å². The maximum atomic E-state index is 12.4. The highest BCUT2D eigenvalue weighted by Gasteiger charge is 2.28. The minimum atomic E-state index is -3.39. The van der Waals surface area contributed by atoms with Gasteiger partial charge in [0.2, 0.25) is 0 Å². The standard InChI is InChI=1S/C12H20N2O2S/c1-4-14(5-2)10(3)17(15,16)12-9-7-6-8-11(12)13/h6-10H,4-5,13H2,1-3H3. The zero-order valence-corrected chi connectivity index (χ0v) is 11.4. The van der Waals surface area contributed by atoms with E-state index >= 15 is 0 Å². The van der Waals surface area contributed by atoms with E-state index in [1.165, 1.54) is 0 Å². The van der Waals surface area contributed by atoms with Crippen LogP contribution < -0.4 is 5.73 Å². The molecule has 0 aromatic heterocycles. The van der Waals surface area contributed by atoms with Gasteiger partial charge in [0.25, 0.3) is 0 Å². The Balaban J connectivity index is 3.16. The number of benzene rings is 1. The Morgan fingerprint density at radius 1 is 1.24 bits per heavy atom. The van der Waals surface area contributed by atoms with Crippen LogP contribution in [0.3, 0.4) is 0 Å². The summed E-state index contributed by atoms with van der Waals surface area (Å²) in [6.07, 6.45) is 0. The number of rotatable bonds is 5. The molecule has 96 valence electrons. The fraction of sp³-hybridized carbons (Fsp3) is 0.500. The lowest BCUT2D eigenvalue weighted by atomic mass is 10.3. The van der Waals surface area contributed by atoms with Gasteiger partial charge in [0.1, 0.15) is 5.37 Å². The molecule has 1 unspecified atom stereocenters. The molecule has 1 aromatic rings. The molecule has 0 amide bonds. The van der Waals surface area contributed by atoms with Crippen molar-refractivity contribution in [3.8, 4) is 0 Å². The third kappa shape index (κ3) is 2.79. The molecule has 17 heavy (non-hydrogen) atoms.